The second-order valence-electron chi connectivity index (χ2n) is 4.53. The van der Waals surface area contributed by atoms with E-state index in [1.165, 1.54) is 24.1 Å². The third-order valence-electron chi connectivity index (χ3n) is 3.23. The first-order chi connectivity index (χ1) is 9.01. The molecular weight excluding hydrogens is 251 g/mol. The van der Waals surface area contributed by atoms with E-state index < -0.39 is 17.6 Å². The molecular formula is C13H15FN2O3. The highest BCUT2D eigenvalue weighted by Gasteiger charge is 2.33. The summed E-state index contributed by atoms with van der Waals surface area (Å²) >= 11 is 0. The third kappa shape index (κ3) is 2.83. The molecule has 0 saturated carbocycles. The predicted octanol–water partition coefficient (Wildman–Crippen LogP) is 0.668. The summed E-state index contributed by atoms with van der Waals surface area (Å²) < 4.78 is 18.1. The Morgan fingerprint density at radius 3 is 2.89 bits per heavy atom. The number of primary amides is 1. The van der Waals surface area contributed by atoms with Gasteiger partial charge in [-0.05, 0) is 6.07 Å². The Labute approximate surface area is 110 Å². The second-order valence-corrected chi connectivity index (χ2v) is 4.53. The molecule has 1 unspecified atom stereocenters. The lowest BCUT2D eigenvalue weighted by Crippen LogP contribution is -2.28. The minimum absolute atomic E-state index is 0.129. The van der Waals surface area contributed by atoms with Crippen LogP contribution in [0, 0.1) is 11.7 Å². The Morgan fingerprint density at radius 2 is 2.32 bits per heavy atom. The van der Waals surface area contributed by atoms with Crippen molar-refractivity contribution in [3.63, 3.8) is 0 Å². The molecule has 0 aromatic heterocycles. The predicted molar refractivity (Wildman–Crippen MR) is 65.7 cm³/mol. The quantitative estimate of drug-likeness (QED) is 0.870. The zero-order valence-electron chi connectivity index (χ0n) is 10.6. The number of benzene rings is 1. The standard InChI is InChI=1S/C13H15FN2O3/c1-19-11-5-10(14)3-2-8(11)6-16-7-9(13(15)18)4-12(16)17/h2-3,5,9H,4,6-7H2,1H3,(H2,15,18). The van der Waals surface area contributed by atoms with Crippen LogP contribution in [0.2, 0.25) is 0 Å². The Kier molecular flexibility index (Phi) is 3.69. The molecule has 1 heterocycles. The molecule has 102 valence electrons. The lowest BCUT2D eigenvalue weighted by molar-refractivity contribution is -0.128. The molecule has 1 aliphatic rings. The van der Waals surface area contributed by atoms with E-state index in [4.69, 9.17) is 10.5 Å². The number of hydrogen-bond donors (Lipinski definition) is 1. The molecule has 19 heavy (non-hydrogen) atoms. The lowest BCUT2D eigenvalue weighted by Gasteiger charge is -2.18. The summed E-state index contributed by atoms with van der Waals surface area (Å²) in [5.41, 5.74) is 5.90. The zero-order valence-corrected chi connectivity index (χ0v) is 10.6. The van der Waals surface area contributed by atoms with Crippen LogP contribution in [-0.4, -0.2) is 30.4 Å². The van der Waals surface area contributed by atoms with Gasteiger partial charge in [0.25, 0.3) is 0 Å². The molecule has 1 saturated heterocycles. The molecule has 5 nitrogen and oxygen atoms in total. The maximum atomic E-state index is 13.1. The topological polar surface area (TPSA) is 72.6 Å². The van der Waals surface area contributed by atoms with Crippen molar-refractivity contribution in [2.24, 2.45) is 11.7 Å². The fraction of sp³-hybridized carbons (Fsp3) is 0.385. The third-order valence-corrected chi connectivity index (χ3v) is 3.23. The highest BCUT2D eigenvalue weighted by Crippen LogP contribution is 2.25. The van der Waals surface area contributed by atoms with Crippen LogP contribution in [0.1, 0.15) is 12.0 Å². The summed E-state index contributed by atoms with van der Waals surface area (Å²) in [5, 5.41) is 0. The Morgan fingerprint density at radius 1 is 1.58 bits per heavy atom. The molecule has 0 aliphatic carbocycles. The maximum Gasteiger partial charge on any atom is 0.223 e. The first-order valence-corrected chi connectivity index (χ1v) is 5.90. The first kappa shape index (κ1) is 13.3. The largest absolute Gasteiger partial charge is 0.496 e. The molecule has 2 N–H and O–H groups in total. The number of amides is 2. The van der Waals surface area contributed by atoms with Crippen molar-refractivity contribution in [1.29, 1.82) is 0 Å². The van der Waals surface area contributed by atoms with Crippen LogP contribution in [0.4, 0.5) is 4.39 Å². The number of ether oxygens (including phenoxy) is 1. The van der Waals surface area contributed by atoms with Gasteiger partial charge in [-0.25, -0.2) is 4.39 Å². The van der Waals surface area contributed by atoms with Gasteiger partial charge in [0.05, 0.1) is 13.0 Å². The van der Waals surface area contributed by atoms with Gasteiger partial charge in [-0.2, -0.15) is 0 Å². The van der Waals surface area contributed by atoms with Gasteiger partial charge in [0.2, 0.25) is 11.8 Å². The highest BCUT2D eigenvalue weighted by molar-refractivity contribution is 5.88. The second kappa shape index (κ2) is 5.26. The highest BCUT2D eigenvalue weighted by atomic mass is 19.1. The van der Waals surface area contributed by atoms with Gasteiger partial charge in [0, 0.05) is 31.1 Å². The molecule has 0 spiro atoms. The minimum atomic E-state index is -0.470. The van der Waals surface area contributed by atoms with Gasteiger partial charge in [-0.3, -0.25) is 9.59 Å². The van der Waals surface area contributed by atoms with E-state index in [0.29, 0.717) is 17.9 Å². The SMILES string of the molecule is COc1cc(F)ccc1CN1CC(C(N)=O)CC1=O. The number of halogens is 1. The molecule has 1 aromatic rings. The van der Waals surface area contributed by atoms with E-state index in [1.54, 1.807) is 6.07 Å². The zero-order chi connectivity index (χ0) is 14.0. The number of methoxy groups -OCH3 is 1. The van der Waals surface area contributed by atoms with Crippen LogP contribution in [0.15, 0.2) is 18.2 Å². The van der Waals surface area contributed by atoms with Gasteiger partial charge in [0.15, 0.2) is 0 Å². The lowest BCUT2D eigenvalue weighted by atomic mass is 10.1. The van der Waals surface area contributed by atoms with Gasteiger partial charge in [-0.15, -0.1) is 0 Å². The van der Waals surface area contributed by atoms with Gasteiger partial charge in [-0.1, -0.05) is 6.07 Å². The Hall–Kier alpha value is -2.11. The van der Waals surface area contributed by atoms with E-state index in [9.17, 15) is 14.0 Å². The number of carbonyl (C=O) groups excluding carboxylic acids is 2. The van der Waals surface area contributed by atoms with Crippen LogP contribution >= 0.6 is 0 Å². The molecule has 0 bridgehead atoms. The van der Waals surface area contributed by atoms with Crippen molar-refractivity contribution >= 4 is 11.8 Å². The van der Waals surface area contributed by atoms with Gasteiger partial charge >= 0.3 is 0 Å². The average molecular weight is 266 g/mol. The van der Waals surface area contributed by atoms with E-state index in [1.807, 2.05) is 0 Å². The number of likely N-dealkylation sites (tertiary alicyclic amines) is 1. The van der Waals surface area contributed by atoms with E-state index in [-0.39, 0.29) is 18.9 Å². The molecule has 2 rings (SSSR count). The molecule has 1 aliphatic heterocycles. The van der Waals surface area contributed by atoms with E-state index in [2.05, 4.69) is 0 Å². The van der Waals surface area contributed by atoms with Crippen LogP contribution in [-0.2, 0) is 16.1 Å². The number of rotatable bonds is 4. The summed E-state index contributed by atoms with van der Waals surface area (Å²) in [6, 6.07) is 4.14. The first-order valence-electron chi connectivity index (χ1n) is 5.90. The number of nitrogens with two attached hydrogens (primary N) is 1. The molecule has 2 amide bonds. The van der Waals surface area contributed by atoms with Crippen LogP contribution in [0.5, 0.6) is 5.75 Å². The fourth-order valence-electron chi connectivity index (χ4n) is 2.17. The molecule has 0 radical (unpaired) electrons. The average Bonchev–Trinajstić information content (AvgIpc) is 2.73. The summed E-state index contributed by atoms with van der Waals surface area (Å²) in [6.45, 7) is 0.584. The summed E-state index contributed by atoms with van der Waals surface area (Å²) in [7, 11) is 1.44. The van der Waals surface area contributed by atoms with Crippen LogP contribution < -0.4 is 10.5 Å². The monoisotopic (exact) mass is 266 g/mol. The van der Waals surface area contributed by atoms with Crippen molar-refractivity contribution in [2.75, 3.05) is 13.7 Å². The normalized spacial score (nSPS) is 18.7. The summed E-state index contributed by atoms with van der Waals surface area (Å²) in [4.78, 5) is 24.4. The number of carbonyl (C=O) groups is 2. The molecule has 1 fully saturated rings. The van der Waals surface area contributed by atoms with Crippen LogP contribution in [0.3, 0.4) is 0 Å². The minimum Gasteiger partial charge on any atom is -0.496 e. The summed E-state index contributed by atoms with van der Waals surface area (Å²) in [5.74, 6) is -1.06. The maximum absolute atomic E-state index is 13.1. The van der Waals surface area contributed by atoms with E-state index >= 15 is 0 Å². The van der Waals surface area contributed by atoms with Crippen molar-refractivity contribution < 1.29 is 18.7 Å². The van der Waals surface area contributed by atoms with Gasteiger partial charge in [0.1, 0.15) is 11.6 Å². The Balaban J connectivity index is 2.13. The van der Waals surface area contributed by atoms with Crippen molar-refractivity contribution in [3.8, 4) is 5.75 Å². The molecule has 1 atom stereocenters. The molecule has 6 heteroatoms. The summed E-state index contributed by atoms with van der Waals surface area (Å²) in [6.07, 6.45) is 0.138. The smallest absolute Gasteiger partial charge is 0.223 e. The van der Waals surface area contributed by atoms with Crippen molar-refractivity contribution in [1.82, 2.24) is 4.90 Å². The van der Waals surface area contributed by atoms with Crippen molar-refractivity contribution in [2.45, 2.75) is 13.0 Å². The Bertz CT molecular complexity index is 519. The fourth-order valence-corrected chi connectivity index (χ4v) is 2.17. The van der Waals surface area contributed by atoms with Crippen molar-refractivity contribution in [3.05, 3.63) is 29.6 Å². The van der Waals surface area contributed by atoms with E-state index in [0.717, 1.165) is 0 Å². The number of hydrogen-bond acceptors (Lipinski definition) is 3. The molecule has 1 aromatic carbocycles. The van der Waals surface area contributed by atoms with Gasteiger partial charge < -0.3 is 15.4 Å². The number of nitrogens with zero attached hydrogens (tertiary/aromatic N) is 1. The van der Waals surface area contributed by atoms with Crippen LogP contribution in [0.25, 0.3) is 0 Å².